The standard InChI is InChI=1S/C17H22N2O4/c1-12-3-2-6-19(10-12)17(21)8-16(20)18-9-13-4-5-14-15(7-13)23-11-22-14/h4-5,7,12H,2-3,6,8-11H2,1H3,(H,18,20). The number of fused-ring (bicyclic) bond motifs is 1. The van der Waals surface area contributed by atoms with Crippen molar-refractivity contribution in [1.82, 2.24) is 10.2 Å². The van der Waals surface area contributed by atoms with Crippen LogP contribution in [0.15, 0.2) is 18.2 Å². The molecule has 1 saturated heterocycles. The molecule has 3 rings (SSSR count). The first-order chi connectivity index (χ1) is 11.1. The highest BCUT2D eigenvalue weighted by Crippen LogP contribution is 2.32. The van der Waals surface area contributed by atoms with Crippen LogP contribution in [0.1, 0.15) is 31.7 Å². The highest BCUT2D eigenvalue weighted by atomic mass is 16.7. The lowest BCUT2D eigenvalue weighted by molar-refractivity contribution is -0.137. The number of benzene rings is 1. The van der Waals surface area contributed by atoms with E-state index in [1.165, 1.54) is 0 Å². The van der Waals surface area contributed by atoms with Crippen LogP contribution in [0.4, 0.5) is 0 Å². The third kappa shape index (κ3) is 3.94. The fourth-order valence-electron chi connectivity index (χ4n) is 2.98. The van der Waals surface area contributed by atoms with Crippen LogP contribution in [0.3, 0.4) is 0 Å². The highest BCUT2D eigenvalue weighted by Gasteiger charge is 2.22. The Bertz CT molecular complexity index is 602. The number of amides is 2. The van der Waals surface area contributed by atoms with E-state index in [0.29, 0.717) is 18.2 Å². The van der Waals surface area contributed by atoms with Crippen molar-refractivity contribution in [2.24, 2.45) is 5.92 Å². The fraction of sp³-hybridized carbons (Fsp3) is 0.529. The van der Waals surface area contributed by atoms with Crippen molar-refractivity contribution in [3.8, 4) is 11.5 Å². The number of hydrogen-bond acceptors (Lipinski definition) is 4. The zero-order chi connectivity index (χ0) is 16.2. The summed E-state index contributed by atoms with van der Waals surface area (Å²) in [5.74, 6) is 1.60. The van der Waals surface area contributed by atoms with Crippen molar-refractivity contribution in [1.29, 1.82) is 0 Å². The minimum Gasteiger partial charge on any atom is -0.454 e. The maximum Gasteiger partial charge on any atom is 0.232 e. The van der Waals surface area contributed by atoms with Crippen LogP contribution in [0, 0.1) is 5.92 Å². The van der Waals surface area contributed by atoms with Crippen molar-refractivity contribution in [3.63, 3.8) is 0 Å². The summed E-state index contributed by atoms with van der Waals surface area (Å²) in [4.78, 5) is 25.9. The summed E-state index contributed by atoms with van der Waals surface area (Å²) in [5.41, 5.74) is 0.918. The summed E-state index contributed by atoms with van der Waals surface area (Å²) in [6, 6.07) is 5.54. The number of nitrogens with one attached hydrogen (secondary N) is 1. The number of likely N-dealkylation sites (tertiary alicyclic amines) is 1. The van der Waals surface area contributed by atoms with Gasteiger partial charge in [0, 0.05) is 19.6 Å². The molecule has 1 N–H and O–H groups in total. The van der Waals surface area contributed by atoms with E-state index in [-0.39, 0.29) is 25.0 Å². The predicted molar refractivity (Wildman–Crippen MR) is 84.0 cm³/mol. The van der Waals surface area contributed by atoms with E-state index in [2.05, 4.69) is 12.2 Å². The van der Waals surface area contributed by atoms with Gasteiger partial charge in [0.1, 0.15) is 6.42 Å². The first-order valence-electron chi connectivity index (χ1n) is 8.05. The van der Waals surface area contributed by atoms with Crippen molar-refractivity contribution in [2.75, 3.05) is 19.9 Å². The Morgan fingerprint density at radius 3 is 2.96 bits per heavy atom. The normalized spacial score (nSPS) is 19.5. The molecule has 6 nitrogen and oxygen atoms in total. The molecule has 0 radical (unpaired) electrons. The van der Waals surface area contributed by atoms with Gasteiger partial charge in [-0.05, 0) is 36.5 Å². The average Bonchev–Trinajstić information content (AvgIpc) is 3.00. The van der Waals surface area contributed by atoms with Crippen molar-refractivity contribution in [2.45, 2.75) is 32.7 Å². The maximum absolute atomic E-state index is 12.1. The zero-order valence-electron chi connectivity index (χ0n) is 13.3. The van der Waals surface area contributed by atoms with E-state index in [0.717, 1.165) is 37.2 Å². The molecular weight excluding hydrogens is 296 g/mol. The van der Waals surface area contributed by atoms with Gasteiger partial charge in [0.05, 0.1) is 0 Å². The lowest BCUT2D eigenvalue weighted by Gasteiger charge is -2.30. The molecule has 1 aromatic carbocycles. The molecule has 2 amide bonds. The molecule has 1 fully saturated rings. The van der Waals surface area contributed by atoms with Gasteiger partial charge in [-0.25, -0.2) is 0 Å². The van der Waals surface area contributed by atoms with Crippen molar-refractivity contribution >= 4 is 11.8 Å². The van der Waals surface area contributed by atoms with Gasteiger partial charge < -0.3 is 19.7 Å². The van der Waals surface area contributed by atoms with Gasteiger partial charge in [0.25, 0.3) is 0 Å². The Hall–Kier alpha value is -2.24. The molecule has 0 bridgehead atoms. The van der Waals surface area contributed by atoms with Crippen LogP contribution in [0.25, 0.3) is 0 Å². The van der Waals surface area contributed by atoms with Crippen LogP contribution in [0.5, 0.6) is 11.5 Å². The van der Waals surface area contributed by atoms with E-state index in [1.54, 1.807) is 4.90 Å². The molecule has 1 aromatic rings. The first-order valence-corrected chi connectivity index (χ1v) is 8.05. The van der Waals surface area contributed by atoms with Crippen LogP contribution < -0.4 is 14.8 Å². The third-order valence-corrected chi connectivity index (χ3v) is 4.25. The molecule has 1 atom stereocenters. The van der Waals surface area contributed by atoms with Gasteiger partial charge in [-0.15, -0.1) is 0 Å². The lowest BCUT2D eigenvalue weighted by atomic mass is 10.00. The topological polar surface area (TPSA) is 67.9 Å². The van der Waals surface area contributed by atoms with Gasteiger partial charge in [-0.3, -0.25) is 9.59 Å². The molecule has 0 saturated carbocycles. The monoisotopic (exact) mass is 318 g/mol. The Morgan fingerprint density at radius 2 is 2.13 bits per heavy atom. The van der Waals surface area contributed by atoms with Gasteiger partial charge in [0.2, 0.25) is 18.6 Å². The van der Waals surface area contributed by atoms with Gasteiger partial charge in [0.15, 0.2) is 11.5 Å². The highest BCUT2D eigenvalue weighted by molar-refractivity contribution is 5.96. The van der Waals surface area contributed by atoms with E-state index in [1.807, 2.05) is 18.2 Å². The molecule has 0 spiro atoms. The number of carbonyl (C=O) groups excluding carboxylic acids is 2. The fourth-order valence-corrected chi connectivity index (χ4v) is 2.98. The number of carbonyl (C=O) groups is 2. The minimum absolute atomic E-state index is 0.0836. The van der Waals surface area contributed by atoms with Crippen LogP contribution >= 0.6 is 0 Å². The number of nitrogens with zero attached hydrogens (tertiary/aromatic N) is 1. The summed E-state index contributed by atoms with van der Waals surface area (Å²) in [5, 5.41) is 2.79. The molecule has 0 aliphatic carbocycles. The number of ether oxygens (including phenoxy) is 2. The quantitative estimate of drug-likeness (QED) is 0.858. The Balaban J connectivity index is 1.47. The summed E-state index contributed by atoms with van der Waals surface area (Å²) in [7, 11) is 0. The van der Waals surface area contributed by atoms with Gasteiger partial charge in [-0.2, -0.15) is 0 Å². The molecule has 124 valence electrons. The average molecular weight is 318 g/mol. The van der Waals surface area contributed by atoms with Crippen molar-refractivity contribution in [3.05, 3.63) is 23.8 Å². The van der Waals surface area contributed by atoms with E-state index < -0.39 is 0 Å². The van der Waals surface area contributed by atoms with Crippen LogP contribution in [-0.4, -0.2) is 36.6 Å². The number of hydrogen-bond donors (Lipinski definition) is 1. The summed E-state index contributed by atoms with van der Waals surface area (Å²) >= 11 is 0. The van der Waals surface area contributed by atoms with Crippen molar-refractivity contribution < 1.29 is 19.1 Å². The summed E-state index contributed by atoms with van der Waals surface area (Å²) in [6.07, 6.45) is 2.09. The molecule has 2 heterocycles. The Morgan fingerprint density at radius 1 is 1.30 bits per heavy atom. The molecule has 2 aliphatic rings. The Labute approximate surface area is 135 Å². The Kier molecular flexibility index (Phi) is 4.69. The van der Waals surface area contributed by atoms with Crippen LogP contribution in [0.2, 0.25) is 0 Å². The maximum atomic E-state index is 12.1. The first kappa shape index (κ1) is 15.6. The molecule has 23 heavy (non-hydrogen) atoms. The predicted octanol–water partition coefficient (Wildman–Crippen LogP) is 1.68. The third-order valence-electron chi connectivity index (χ3n) is 4.25. The summed E-state index contributed by atoms with van der Waals surface area (Å²) < 4.78 is 10.6. The molecule has 1 unspecified atom stereocenters. The largest absolute Gasteiger partial charge is 0.454 e. The van der Waals surface area contributed by atoms with E-state index >= 15 is 0 Å². The second-order valence-corrected chi connectivity index (χ2v) is 6.23. The van der Waals surface area contributed by atoms with E-state index in [9.17, 15) is 9.59 Å². The zero-order valence-corrected chi connectivity index (χ0v) is 13.3. The lowest BCUT2D eigenvalue weighted by Crippen LogP contribution is -2.41. The van der Waals surface area contributed by atoms with Gasteiger partial charge in [-0.1, -0.05) is 13.0 Å². The second-order valence-electron chi connectivity index (χ2n) is 6.23. The number of piperidine rings is 1. The van der Waals surface area contributed by atoms with Crippen LogP contribution in [-0.2, 0) is 16.1 Å². The van der Waals surface area contributed by atoms with Gasteiger partial charge >= 0.3 is 0 Å². The van der Waals surface area contributed by atoms with E-state index in [4.69, 9.17) is 9.47 Å². The molecule has 2 aliphatic heterocycles. The molecular formula is C17H22N2O4. The second kappa shape index (κ2) is 6.89. The molecule has 0 aromatic heterocycles. The SMILES string of the molecule is CC1CCCN(C(=O)CC(=O)NCc2ccc3c(c2)OCO3)C1. The summed E-state index contributed by atoms with van der Waals surface area (Å²) in [6.45, 7) is 4.26. The molecule has 6 heteroatoms. The number of rotatable bonds is 4. The smallest absolute Gasteiger partial charge is 0.232 e. The minimum atomic E-state index is -0.245.